The smallest absolute Gasteiger partial charge is 0.317 e. The first-order valence-electron chi connectivity index (χ1n) is 12.7. The predicted octanol–water partition coefficient (Wildman–Crippen LogP) is 4.10. The Hall–Kier alpha value is -3.41. The van der Waals surface area contributed by atoms with Gasteiger partial charge in [-0.2, -0.15) is 0 Å². The van der Waals surface area contributed by atoms with E-state index in [0.29, 0.717) is 23.0 Å². The summed E-state index contributed by atoms with van der Waals surface area (Å²) in [6.07, 6.45) is 1.00. The third kappa shape index (κ3) is 7.17. The summed E-state index contributed by atoms with van der Waals surface area (Å²) in [7, 11) is 0. The van der Waals surface area contributed by atoms with Crippen molar-refractivity contribution in [2.45, 2.75) is 56.6 Å². The molecule has 2 aromatic heterocycles. The molecule has 1 unspecified atom stereocenters. The van der Waals surface area contributed by atoms with Crippen molar-refractivity contribution in [3.8, 4) is 0 Å². The highest BCUT2D eigenvalue weighted by molar-refractivity contribution is 8.00. The number of rotatable bonds is 12. The molecular formula is C28H32F2N6O2S. The van der Waals surface area contributed by atoms with Crippen molar-refractivity contribution in [3.05, 3.63) is 88.2 Å². The quantitative estimate of drug-likeness (QED) is 0.224. The predicted molar refractivity (Wildman–Crippen MR) is 147 cm³/mol. The van der Waals surface area contributed by atoms with E-state index in [2.05, 4.69) is 39.6 Å². The molecule has 0 aliphatic rings. The normalized spacial score (nSPS) is 13.9. The van der Waals surface area contributed by atoms with E-state index in [4.69, 9.17) is 5.73 Å². The highest BCUT2D eigenvalue weighted by Gasteiger charge is 2.35. The van der Waals surface area contributed by atoms with Gasteiger partial charge in [-0.3, -0.25) is 9.20 Å². The number of hydrogen-bond acceptors (Lipinski definition) is 7. The summed E-state index contributed by atoms with van der Waals surface area (Å²) >= 11 is 1.04. The molecule has 0 aliphatic heterocycles. The number of aryl methyl sites for hydroxylation is 3. The fraction of sp³-hybridized carbons (Fsp3) is 0.357. The zero-order chi connectivity index (χ0) is 28.1. The van der Waals surface area contributed by atoms with Crippen molar-refractivity contribution >= 4 is 23.5 Å². The molecular weight excluding hydrogens is 522 g/mol. The molecule has 39 heavy (non-hydrogen) atoms. The number of aromatic nitrogens is 4. The number of carbonyl (C=O) groups is 1. The number of nitrogens with one attached hydrogen (secondary N) is 1. The number of carboxylic acid groups (broad SMARTS) is 1. The van der Waals surface area contributed by atoms with E-state index in [1.54, 1.807) is 4.40 Å². The molecule has 0 saturated heterocycles. The SMILES string of the molecule is CCc1cccc(CNC[C@@H](C(Sc2nnc3nc(C)cc(C)n23)C(=O)O)[C@@H](N)Cc2cc(F)cc(F)c2)c1. The van der Waals surface area contributed by atoms with Crippen molar-refractivity contribution in [2.75, 3.05) is 6.54 Å². The van der Waals surface area contributed by atoms with Gasteiger partial charge in [0.2, 0.25) is 0 Å². The summed E-state index contributed by atoms with van der Waals surface area (Å²) < 4.78 is 29.4. The Balaban J connectivity index is 1.61. The maximum atomic E-state index is 13.9. The molecule has 8 nitrogen and oxygen atoms in total. The van der Waals surface area contributed by atoms with Crippen LogP contribution >= 0.6 is 11.8 Å². The molecule has 2 aromatic carbocycles. The molecule has 0 saturated carbocycles. The van der Waals surface area contributed by atoms with E-state index in [9.17, 15) is 18.7 Å². The highest BCUT2D eigenvalue weighted by Crippen LogP contribution is 2.31. The summed E-state index contributed by atoms with van der Waals surface area (Å²) in [4.78, 5) is 17.0. The van der Waals surface area contributed by atoms with Crippen LogP contribution in [-0.2, 0) is 24.2 Å². The third-order valence-corrected chi connectivity index (χ3v) is 7.86. The molecule has 11 heteroatoms. The Morgan fingerprint density at radius 3 is 2.49 bits per heavy atom. The number of thioether (sulfide) groups is 1. The van der Waals surface area contributed by atoms with Crippen molar-refractivity contribution < 1.29 is 18.7 Å². The number of halogens is 2. The number of carboxylic acids is 1. The van der Waals surface area contributed by atoms with E-state index >= 15 is 0 Å². The zero-order valence-corrected chi connectivity index (χ0v) is 22.9. The standard InChI is InChI=1S/C28H32F2N6O2S/c1-4-18-6-5-7-19(9-18)14-32-15-23(24(31)12-20-10-21(29)13-22(30)11-20)25(26(37)38)39-28-35-34-27-33-16(2)8-17(3)36(27)28/h5-11,13,23-25,32H,4,12,14-15,31H2,1-3H3,(H,37,38)/t23-,24+,25?/m1/s1. The van der Waals surface area contributed by atoms with E-state index in [1.165, 1.54) is 17.7 Å². The molecule has 0 aliphatic carbocycles. The Kier molecular flexibility index (Phi) is 9.26. The van der Waals surface area contributed by atoms with Crippen LogP contribution in [0, 0.1) is 31.4 Å². The monoisotopic (exact) mass is 554 g/mol. The van der Waals surface area contributed by atoms with Crippen molar-refractivity contribution in [1.29, 1.82) is 0 Å². The molecule has 0 bridgehead atoms. The summed E-state index contributed by atoms with van der Waals surface area (Å²) in [6.45, 7) is 6.57. The van der Waals surface area contributed by atoms with Crippen LogP contribution in [0.2, 0.25) is 0 Å². The molecule has 4 N–H and O–H groups in total. The number of hydrogen-bond donors (Lipinski definition) is 3. The fourth-order valence-electron chi connectivity index (χ4n) is 4.69. The Labute approximate surface area is 230 Å². The second kappa shape index (κ2) is 12.6. The lowest BCUT2D eigenvalue weighted by atomic mass is 9.90. The van der Waals surface area contributed by atoms with E-state index in [-0.39, 0.29) is 13.0 Å². The van der Waals surface area contributed by atoms with Gasteiger partial charge >= 0.3 is 5.97 Å². The van der Waals surface area contributed by atoms with Crippen molar-refractivity contribution in [1.82, 2.24) is 24.9 Å². The first-order chi connectivity index (χ1) is 18.6. The molecule has 3 atom stereocenters. The molecule has 0 fully saturated rings. The van der Waals surface area contributed by atoms with Crippen LogP contribution in [0.25, 0.3) is 5.78 Å². The molecule has 0 spiro atoms. The molecule has 0 radical (unpaired) electrons. The zero-order valence-electron chi connectivity index (χ0n) is 22.1. The van der Waals surface area contributed by atoms with Crippen LogP contribution in [0.15, 0.2) is 53.7 Å². The second-order valence-corrected chi connectivity index (χ2v) is 10.8. The molecule has 2 heterocycles. The number of nitrogens with two attached hydrogens (primary N) is 1. The van der Waals surface area contributed by atoms with Gasteiger partial charge in [0, 0.05) is 42.5 Å². The largest absolute Gasteiger partial charge is 0.480 e. The summed E-state index contributed by atoms with van der Waals surface area (Å²) in [5.41, 5.74) is 10.8. The second-order valence-electron chi connectivity index (χ2n) is 9.65. The van der Waals surface area contributed by atoms with Gasteiger partial charge in [-0.25, -0.2) is 13.8 Å². The van der Waals surface area contributed by atoms with Crippen LogP contribution in [0.5, 0.6) is 0 Å². The van der Waals surface area contributed by atoms with Crippen LogP contribution in [0.1, 0.15) is 35.0 Å². The topological polar surface area (TPSA) is 118 Å². The Bertz CT molecular complexity index is 1440. The van der Waals surface area contributed by atoms with Crippen LogP contribution in [0.3, 0.4) is 0 Å². The third-order valence-electron chi connectivity index (χ3n) is 6.58. The summed E-state index contributed by atoms with van der Waals surface area (Å²) in [6, 6.07) is 12.5. The van der Waals surface area contributed by atoms with Crippen molar-refractivity contribution in [3.63, 3.8) is 0 Å². The number of aliphatic carboxylic acids is 1. The van der Waals surface area contributed by atoms with Crippen molar-refractivity contribution in [2.24, 2.45) is 11.7 Å². The van der Waals surface area contributed by atoms with Crippen LogP contribution in [0.4, 0.5) is 8.78 Å². The molecule has 206 valence electrons. The van der Waals surface area contributed by atoms with Crippen LogP contribution < -0.4 is 11.1 Å². The van der Waals surface area contributed by atoms with Gasteiger partial charge in [-0.1, -0.05) is 43.0 Å². The Morgan fingerprint density at radius 2 is 1.79 bits per heavy atom. The lowest BCUT2D eigenvalue weighted by Crippen LogP contribution is -2.47. The maximum absolute atomic E-state index is 13.9. The lowest BCUT2D eigenvalue weighted by Gasteiger charge is -2.29. The molecule has 0 amide bonds. The van der Waals surface area contributed by atoms with E-state index in [1.807, 2.05) is 32.0 Å². The number of fused-ring (bicyclic) bond motifs is 1. The maximum Gasteiger partial charge on any atom is 0.317 e. The first-order valence-corrected chi connectivity index (χ1v) is 13.6. The first kappa shape index (κ1) is 28.6. The van der Waals surface area contributed by atoms with E-state index in [0.717, 1.165) is 41.2 Å². The van der Waals surface area contributed by atoms with Gasteiger partial charge in [0.1, 0.15) is 16.9 Å². The van der Waals surface area contributed by atoms with Gasteiger partial charge in [0.25, 0.3) is 5.78 Å². The summed E-state index contributed by atoms with van der Waals surface area (Å²) in [5.74, 6) is -2.74. The number of benzene rings is 2. The minimum atomic E-state index is -1.07. The molecule has 4 aromatic rings. The van der Waals surface area contributed by atoms with Gasteiger partial charge in [0.15, 0.2) is 5.16 Å². The van der Waals surface area contributed by atoms with E-state index < -0.39 is 34.8 Å². The van der Waals surface area contributed by atoms with Gasteiger partial charge < -0.3 is 16.2 Å². The minimum absolute atomic E-state index is 0.0943. The summed E-state index contributed by atoms with van der Waals surface area (Å²) in [5, 5.41) is 21.4. The molecule has 4 rings (SSSR count). The highest BCUT2D eigenvalue weighted by atomic mass is 32.2. The minimum Gasteiger partial charge on any atom is -0.480 e. The van der Waals surface area contributed by atoms with Gasteiger partial charge in [-0.05, 0) is 61.6 Å². The lowest BCUT2D eigenvalue weighted by molar-refractivity contribution is -0.137. The number of nitrogens with zero attached hydrogens (tertiary/aromatic N) is 4. The van der Waals surface area contributed by atoms with Gasteiger partial charge in [-0.15, -0.1) is 10.2 Å². The Morgan fingerprint density at radius 1 is 1.08 bits per heavy atom. The fourth-order valence-corrected chi connectivity index (χ4v) is 5.91. The average molecular weight is 555 g/mol. The van der Waals surface area contributed by atoms with Crippen LogP contribution in [-0.4, -0.2) is 48.5 Å². The van der Waals surface area contributed by atoms with Gasteiger partial charge in [0.05, 0.1) is 0 Å². The average Bonchev–Trinajstić information content (AvgIpc) is 3.27.